The lowest BCUT2D eigenvalue weighted by molar-refractivity contribution is -0.118. The molecule has 0 amide bonds. The van der Waals surface area contributed by atoms with Gasteiger partial charge in [-0.2, -0.15) is 0 Å². The Kier molecular flexibility index (Phi) is 3.87. The van der Waals surface area contributed by atoms with Crippen LogP contribution >= 0.6 is 0 Å². The van der Waals surface area contributed by atoms with Gasteiger partial charge in [0, 0.05) is 12.3 Å². The van der Waals surface area contributed by atoms with Gasteiger partial charge >= 0.3 is 0 Å². The molecule has 0 aromatic heterocycles. The molecule has 1 heteroatoms. The monoisotopic (exact) mass is 164 g/mol. The van der Waals surface area contributed by atoms with Crippen LogP contribution in [0.4, 0.5) is 0 Å². The van der Waals surface area contributed by atoms with E-state index in [1.807, 2.05) is 6.92 Å². The van der Waals surface area contributed by atoms with Gasteiger partial charge in [-0.15, -0.1) is 0 Å². The van der Waals surface area contributed by atoms with Crippen molar-refractivity contribution in [3.63, 3.8) is 0 Å². The van der Waals surface area contributed by atoms with Gasteiger partial charge in [-0.25, -0.2) is 0 Å². The van der Waals surface area contributed by atoms with Gasteiger partial charge in [0.05, 0.1) is 0 Å². The van der Waals surface area contributed by atoms with Crippen LogP contribution < -0.4 is 0 Å². The Morgan fingerprint density at radius 2 is 2.00 bits per heavy atom. The molecule has 12 heavy (non-hydrogen) atoms. The van der Waals surface area contributed by atoms with Crippen molar-refractivity contribution in [2.24, 2.45) is 5.92 Å². The van der Waals surface area contributed by atoms with Crippen LogP contribution in [0.2, 0.25) is 0 Å². The minimum atomic E-state index is 0.177. The van der Waals surface area contributed by atoms with E-state index in [4.69, 9.17) is 0 Å². The molecule has 66 valence electrons. The van der Waals surface area contributed by atoms with E-state index in [1.54, 1.807) is 0 Å². The van der Waals surface area contributed by atoms with Crippen LogP contribution in [0, 0.1) is 17.8 Å². The van der Waals surface area contributed by atoms with Crippen molar-refractivity contribution >= 4 is 5.78 Å². The summed E-state index contributed by atoms with van der Waals surface area (Å²) in [5, 5.41) is 0. The van der Waals surface area contributed by atoms with E-state index in [-0.39, 0.29) is 11.7 Å². The molecular formula is C11H16O. The number of carbonyl (C=O) groups is 1. The molecule has 1 rings (SSSR count). The molecule has 0 N–H and O–H groups in total. The van der Waals surface area contributed by atoms with Crippen molar-refractivity contribution in [3.05, 3.63) is 0 Å². The van der Waals surface area contributed by atoms with Crippen LogP contribution in [0.1, 0.15) is 45.4 Å². The van der Waals surface area contributed by atoms with E-state index < -0.39 is 0 Å². The number of rotatable bonds is 1. The fourth-order valence-electron chi connectivity index (χ4n) is 1.64. The molecule has 0 bridgehead atoms. The zero-order valence-corrected chi connectivity index (χ0v) is 7.73. The van der Waals surface area contributed by atoms with Crippen LogP contribution in [0.25, 0.3) is 0 Å². The predicted molar refractivity (Wildman–Crippen MR) is 49.6 cm³/mol. The molecule has 0 unspecified atom stereocenters. The quantitative estimate of drug-likeness (QED) is 0.430. The van der Waals surface area contributed by atoms with Crippen molar-refractivity contribution < 1.29 is 4.79 Å². The molecule has 0 heterocycles. The minimum absolute atomic E-state index is 0.177. The summed E-state index contributed by atoms with van der Waals surface area (Å²) in [4.78, 5) is 11.4. The highest BCUT2D eigenvalue weighted by molar-refractivity contribution is 5.97. The summed E-state index contributed by atoms with van der Waals surface area (Å²) in [5.41, 5.74) is 0. The largest absolute Gasteiger partial charge is 0.285 e. The summed E-state index contributed by atoms with van der Waals surface area (Å²) in [6, 6.07) is 0. The fourth-order valence-corrected chi connectivity index (χ4v) is 1.64. The van der Waals surface area contributed by atoms with E-state index in [0.717, 1.165) is 19.3 Å². The maximum atomic E-state index is 11.4. The zero-order valence-electron chi connectivity index (χ0n) is 7.73. The average Bonchev–Trinajstić information content (AvgIpc) is 2.15. The molecule has 0 aromatic rings. The Bertz CT molecular complexity index is 201. The maximum absolute atomic E-state index is 11.4. The highest BCUT2D eigenvalue weighted by atomic mass is 16.1. The van der Waals surface area contributed by atoms with E-state index in [9.17, 15) is 4.79 Å². The standard InChI is InChI=1S/C11H16O/c1-2-3-9-11(12)10-7-5-4-6-8-10/h10H,2,4-8H2,1H3. The van der Waals surface area contributed by atoms with Gasteiger partial charge in [0.25, 0.3) is 0 Å². The molecule has 1 nitrogen and oxygen atoms in total. The lowest BCUT2D eigenvalue weighted by Crippen LogP contribution is -2.15. The second kappa shape index (κ2) is 4.98. The van der Waals surface area contributed by atoms with Gasteiger partial charge in [-0.3, -0.25) is 4.79 Å². The molecule has 0 spiro atoms. The van der Waals surface area contributed by atoms with Gasteiger partial charge in [-0.1, -0.05) is 32.1 Å². The van der Waals surface area contributed by atoms with E-state index in [0.29, 0.717) is 0 Å². The number of carbonyl (C=O) groups excluding carboxylic acids is 1. The van der Waals surface area contributed by atoms with Crippen LogP contribution in [-0.2, 0) is 4.79 Å². The topological polar surface area (TPSA) is 17.1 Å². The molecule has 0 saturated heterocycles. The molecule has 0 atom stereocenters. The van der Waals surface area contributed by atoms with Crippen molar-refractivity contribution in [1.29, 1.82) is 0 Å². The Morgan fingerprint density at radius 3 is 2.58 bits per heavy atom. The minimum Gasteiger partial charge on any atom is -0.285 e. The lowest BCUT2D eigenvalue weighted by atomic mass is 9.86. The Balaban J connectivity index is 2.40. The van der Waals surface area contributed by atoms with Crippen LogP contribution in [0.5, 0.6) is 0 Å². The van der Waals surface area contributed by atoms with Gasteiger partial charge in [0.2, 0.25) is 5.78 Å². The van der Waals surface area contributed by atoms with E-state index in [1.165, 1.54) is 19.3 Å². The van der Waals surface area contributed by atoms with Crippen LogP contribution in [-0.4, -0.2) is 5.78 Å². The fraction of sp³-hybridized carbons (Fsp3) is 0.727. The molecule has 1 aliphatic rings. The van der Waals surface area contributed by atoms with E-state index in [2.05, 4.69) is 11.8 Å². The smallest absolute Gasteiger partial charge is 0.208 e. The molecule has 0 aromatic carbocycles. The molecule has 1 aliphatic carbocycles. The number of hydrogen-bond acceptors (Lipinski definition) is 1. The summed E-state index contributed by atoms with van der Waals surface area (Å²) >= 11 is 0. The first-order valence-corrected chi connectivity index (χ1v) is 4.87. The summed E-state index contributed by atoms with van der Waals surface area (Å²) in [7, 11) is 0. The lowest BCUT2D eigenvalue weighted by Gasteiger charge is -2.17. The number of Topliss-reactive ketones (excluding diaryl/α,β-unsaturated/α-hetero) is 1. The van der Waals surface area contributed by atoms with Gasteiger partial charge in [0.15, 0.2) is 0 Å². The van der Waals surface area contributed by atoms with Crippen LogP contribution in [0.3, 0.4) is 0 Å². The van der Waals surface area contributed by atoms with Crippen molar-refractivity contribution in [2.45, 2.75) is 45.4 Å². The summed E-state index contributed by atoms with van der Waals surface area (Å²) in [5.74, 6) is 6.00. The first-order valence-electron chi connectivity index (χ1n) is 4.87. The molecular weight excluding hydrogens is 148 g/mol. The predicted octanol–water partition coefficient (Wildman–Crippen LogP) is 2.55. The first-order chi connectivity index (χ1) is 5.84. The van der Waals surface area contributed by atoms with Gasteiger partial charge in [-0.05, 0) is 18.8 Å². The average molecular weight is 164 g/mol. The zero-order chi connectivity index (χ0) is 8.81. The highest BCUT2D eigenvalue weighted by Crippen LogP contribution is 2.23. The third-order valence-electron chi connectivity index (χ3n) is 2.36. The molecule has 1 saturated carbocycles. The van der Waals surface area contributed by atoms with Gasteiger partial charge in [0.1, 0.15) is 0 Å². The molecule has 1 fully saturated rings. The third-order valence-corrected chi connectivity index (χ3v) is 2.36. The first kappa shape index (κ1) is 9.32. The number of ketones is 1. The van der Waals surface area contributed by atoms with Crippen molar-refractivity contribution in [3.8, 4) is 11.8 Å². The normalized spacial score (nSPS) is 18.1. The second-order valence-electron chi connectivity index (χ2n) is 3.35. The number of hydrogen-bond donors (Lipinski definition) is 0. The molecule has 0 radical (unpaired) electrons. The SMILES string of the molecule is CCC#CC(=O)C1CCCCC1. The maximum Gasteiger partial charge on any atom is 0.208 e. The Hall–Kier alpha value is -0.770. The van der Waals surface area contributed by atoms with Crippen LogP contribution in [0.15, 0.2) is 0 Å². The summed E-state index contributed by atoms with van der Waals surface area (Å²) < 4.78 is 0. The highest BCUT2D eigenvalue weighted by Gasteiger charge is 2.18. The van der Waals surface area contributed by atoms with Crippen molar-refractivity contribution in [2.75, 3.05) is 0 Å². The summed E-state index contributed by atoms with van der Waals surface area (Å²) in [6.45, 7) is 1.97. The van der Waals surface area contributed by atoms with Gasteiger partial charge < -0.3 is 0 Å². The molecule has 0 aliphatic heterocycles. The summed E-state index contributed by atoms with van der Waals surface area (Å²) in [6.07, 6.45) is 6.65. The van der Waals surface area contributed by atoms with Crippen molar-refractivity contribution in [1.82, 2.24) is 0 Å². The Morgan fingerprint density at radius 1 is 1.33 bits per heavy atom. The third kappa shape index (κ3) is 2.70. The second-order valence-corrected chi connectivity index (χ2v) is 3.35. The Labute approximate surface area is 74.5 Å². The van der Waals surface area contributed by atoms with E-state index >= 15 is 0 Å².